The van der Waals surface area contributed by atoms with Crippen molar-refractivity contribution in [2.24, 2.45) is 0 Å². The number of carbonyl (C=O) groups excluding carboxylic acids is 2. The van der Waals surface area contributed by atoms with Crippen LogP contribution in [-0.4, -0.2) is 61.3 Å². The number of aromatic nitrogens is 1. The minimum Gasteiger partial charge on any atom is -0.385 e. The maximum absolute atomic E-state index is 12.8. The average molecular weight is 418 g/mol. The summed E-state index contributed by atoms with van der Waals surface area (Å²) in [6.45, 7) is 5.85. The quantitative estimate of drug-likeness (QED) is 0.344. The first kappa shape index (κ1) is 23.2. The molecule has 0 atom stereocenters. The first-order valence-corrected chi connectivity index (χ1v) is 10.9. The fraction of sp³-hybridized carbons (Fsp3) is 0.455. The van der Waals surface area contributed by atoms with Crippen molar-refractivity contribution in [3.05, 3.63) is 47.3 Å². The fourth-order valence-electron chi connectivity index (χ4n) is 3.36. The number of hydrogen-bond acceptors (Lipinski definition) is 5. The highest BCUT2D eigenvalue weighted by Crippen LogP contribution is 2.24. The highest BCUT2D eigenvalue weighted by Gasteiger charge is 2.18. The molecular formula is C22H31N3O3S. The number of benzene rings is 1. The van der Waals surface area contributed by atoms with Crippen LogP contribution in [0.1, 0.15) is 28.2 Å². The van der Waals surface area contributed by atoms with E-state index < -0.39 is 0 Å². The summed E-state index contributed by atoms with van der Waals surface area (Å²) in [4.78, 5) is 27.9. The van der Waals surface area contributed by atoms with Crippen molar-refractivity contribution in [2.75, 3.05) is 45.4 Å². The second kappa shape index (κ2) is 11.2. The Balaban J connectivity index is 1.95. The van der Waals surface area contributed by atoms with Crippen molar-refractivity contribution in [1.29, 1.82) is 0 Å². The molecule has 1 heterocycles. The van der Waals surface area contributed by atoms with E-state index >= 15 is 0 Å². The Morgan fingerprint density at radius 2 is 1.93 bits per heavy atom. The summed E-state index contributed by atoms with van der Waals surface area (Å²) in [5, 5.41) is 2.93. The van der Waals surface area contributed by atoms with Gasteiger partial charge in [0, 0.05) is 42.1 Å². The first-order chi connectivity index (χ1) is 13.9. The number of methoxy groups -OCH3 is 1. The van der Waals surface area contributed by atoms with Gasteiger partial charge in [-0.1, -0.05) is 12.1 Å². The Bertz CT molecular complexity index is 848. The third-order valence-corrected chi connectivity index (χ3v) is 5.61. The topological polar surface area (TPSA) is 63.6 Å². The van der Waals surface area contributed by atoms with Crippen molar-refractivity contribution in [3.8, 4) is 0 Å². The summed E-state index contributed by atoms with van der Waals surface area (Å²) in [5.74, 6) is -0.109. The predicted molar refractivity (Wildman–Crippen MR) is 119 cm³/mol. The van der Waals surface area contributed by atoms with Crippen LogP contribution in [0.25, 0.3) is 0 Å². The van der Waals surface area contributed by atoms with E-state index in [9.17, 15) is 9.59 Å². The minimum atomic E-state index is -0.133. The molecule has 1 N–H and O–H groups in total. The monoisotopic (exact) mass is 417 g/mol. The number of aryl methyl sites for hydroxylation is 1. The Morgan fingerprint density at radius 3 is 2.62 bits per heavy atom. The van der Waals surface area contributed by atoms with Gasteiger partial charge in [0.25, 0.3) is 0 Å². The molecule has 0 radical (unpaired) electrons. The second-order valence-electron chi connectivity index (χ2n) is 7.13. The zero-order valence-corrected chi connectivity index (χ0v) is 18.8. The number of nitrogens with zero attached hydrogens (tertiary/aromatic N) is 2. The standard InChI is InChI=1S/C22H31N3O3S/c1-16-13-18(17(2)25(16)11-8-12-28-4)20(26)14-24(3)15-22(27)23-19-9-6-7-10-21(19)29-5/h6-7,9-10,13H,8,11-12,14-15H2,1-5H3,(H,23,27). The van der Waals surface area contributed by atoms with Gasteiger partial charge in [-0.15, -0.1) is 11.8 Å². The van der Waals surface area contributed by atoms with Crippen LogP contribution in [0.2, 0.25) is 0 Å². The SMILES string of the molecule is COCCCn1c(C)cc(C(=O)CN(C)CC(=O)Nc2ccccc2SC)c1C. The van der Waals surface area contributed by atoms with Gasteiger partial charge in [-0.05, 0) is 51.8 Å². The number of nitrogens with one attached hydrogen (secondary N) is 1. The minimum absolute atomic E-state index is 0.0240. The number of hydrogen-bond donors (Lipinski definition) is 1. The zero-order chi connectivity index (χ0) is 21.4. The maximum atomic E-state index is 12.8. The summed E-state index contributed by atoms with van der Waals surface area (Å²) < 4.78 is 7.27. The van der Waals surface area contributed by atoms with Crippen molar-refractivity contribution >= 4 is 29.1 Å². The van der Waals surface area contributed by atoms with E-state index in [1.807, 2.05) is 50.4 Å². The molecule has 0 bridgehead atoms. The summed E-state index contributed by atoms with van der Waals surface area (Å²) >= 11 is 1.58. The van der Waals surface area contributed by atoms with E-state index in [2.05, 4.69) is 9.88 Å². The highest BCUT2D eigenvalue weighted by molar-refractivity contribution is 7.98. The molecule has 0 aliphatic rings. The van der Waals surface area contributed by atoms with Crippen LogP contribution in [0.4, 0.5) is 5.69 Å². The van der Waals surface area contributed by atoms with E-state index in [0.717, 1.165) is 40.5 Å². The molecule has 7 heteroatoms. The number of Topliss-reactive ketones (excluding diaryl/α,β-unsaturated/α-hetero) is 1. The molecule has 158 valence electrons. The summed E-state index contributed by atoms with van der Waals surface area (Å²) in [5.41, 5.74) is 3.55. The van der Waals surface area contributed by atoms with Crippen LogP contribution in [0.3, 0.4) is 0 Å². The molecule has 6 nitrogen and oxygen atoms in total. The van der Waals surface area contributed by atoms with Crippen molar-refractivity contribution in [3.63, 3.8) is 0 Å². The number of para-hydroxylation sites is 1. The van der Waals surface area contributed by atoms with Gasteiger partial charge < -0.3 is 14.6 Å². The molecule has 0 aliphatic carbocycles. The molecule has 0 aliphatic heterocycles. The van der Waals surface area contributed by atoms with Crippen LogP contribution >= 0.6 is 11.8 Å². The molecule has 0 unspecified atom stereocenters. The zero-order valence-electron chi connectivity index (χ0n) is 17.9. The third-order valence-electron chi connectivity index (χ3n) is 4.81. The van der Waals surface area contributed by atoms with Gasteiger partial charge in [-0.2, -0.15) is 0 Å². The van der Waals surface area contributed by atoms with Crippen LogP contribution < -0.4 is 5.32 Å². The normalized spacial score (nSPS) is 11.1. The molecule has 2 aromatic rings. The molecule has 0 spiro atoms. The van der Waals surface area contributed by atoms with E-state index in [1.54, 1.807) is 30.8 Å². The number of rotatable bonds is 11. The van der Waals surface area contributed by atoms with Crippen molar-refractivity contribution < 1.29 is 14.3 Å². The van der Waals surface area contributed by atoms with E-state index in [4.69, 9.17) is 4.74 Å². The molecule has 0 fully saturated rings. The number of ketones is 1. The Morgan fingerprint density at radius 1 is 1.21 bits per heavy atom. The summed E-state index contributed by atoms with van der Waals surface area (Å²) in [6.07, 6.45) is 2.87. The molecular weight excluding hydrogens is 386 g/mol. The lowest BCUT2D eigenvalue weighted by molar-refractivity contribution is -0.116. The summed E-state index contributed by atoms with van der Waals surface area (Å²) in [7, 11) is 3.48. The Labute approximate surface area is 177 Å². The Hall–Kier alpha value is -2.09. The van der Waals surface area contributed by atoms with E-state index in [0.29, 0.717) is 6.61 Å². The molecule has 29 heavy (non-hydrogen) atoms. The van der Waals surface area contributed by atoms with Gasteiger partial charge in [0.05, 0.1) is 18.8 Å². The largest absolute Gasteiger partial charge is 0.385 e. The number of amides is 1. The van der Waals surface area contributed by atoms with Crippen LogP contribution in [-0.2, 0) is 16.1 Å². The molecule has 0 saturated heterocycles. The number of thioether (sulfide) groups is 1. The van der Waals surface area contributed by atoms with Gasteiger partial charge in [-0.3, -0.25) is 14.5 Å². The van der Waals surface area contributed by atoms with Crippen molar-refractivity contribution in [2.45, 2.75) is 31.7 Å². The number of likely N-dealkylation sites (N-methyl/N-ethyl adjacent to an activating group) is 1. The van der Waals surface area contributed by atoms with Crippen LogP contribution in [0, 0.1) is 13.8 Å². The van der Waals surface area contributed by atoms with Gasteiger partial charge >= 0.3 is 0 Å². The smallest absolute Gasteiger partial charge is 0.238 e. The lowest BCUT2D eigenvalue weighted by Gasteiger charge is -2.16. The predicted octanol–water partition coefficient (Wildman–Crippen LogP) is 3.62. The molecule has 2 rings (SSSR count). The average Bonchev–Trinajstić information content (AvgIpc) is 2.96. The van der Waals surface area contributed by atoms with Gasteiger partial charge in [-0.25, -0.2) is 0 Å². The number of ether oxygens (including phenoxy) is 1. The molecule has 1 aromatic carbocycles. The van der Waals surface area contributed by atoms with E-state index in [-0.39, 0.29) is 24.8 Å². The third kappa shape index (κ3) is 6.45. The second-order valence-corrected chi connectivity index (χ2v) is 7.97. The van der Waals surface area contributed by atoms with Gasteiger partial charge in [0.2, 0.25) is 5.91 Å². The number of anilines is 1. The highest BCUT2D eigenvalue weighted by atomic mass is 32.2. The van der Waals surface area contributed by atoms with Crippen LogP contribution in [0.15, 0.2) is 35.2 Å². The van der Waals surface area contributed by atoms with Crippen LogP contribution in [0.5, 0.6) is 0 Å². The lowest BCUT2D eigenvalue weighted by Crippen LogP contribution is -2.34. The van der Waals surface area contributed by atoms with Crippen molar-refractivity contribution in [1.82, 2.24) is 9.47 Å². The summed E-state index contributed by atoms with van der Waals surface area (Å²) in [6, 6.07) is 9.62. The molecule has 0 saturated carbocycles. The molecule has 1 aromatic heterocycles. The molecule has 1 amide bonds. The fourth-order valence-corrected chi connectivity index (χ4v) is 3.92. The Kier molecular flexibility index (Phi) is 8.95. The first-order valence-electron chi connectivity index (χ1n) is 9.67. The number of carbonyl (C=O) groups is 2. The lowest BCUT2D eigenvalue weighted by atomic mass is 10.1. The van der Waals surface area contributed by atoms with Gasteiger partial charge in [0.15, 0.2) is 5.78 Å². The maximum Gasteiger partial charge on any atom is 0.238 e. The van der Waals surface area contributed by atoms with Gasteiger partial charge in [0.1, 0.15) is 0 Å². The van der Waals surface area contributed by atoms with E-state index in [1.165, 1.54) is 0 Å².